The second-order valence-corrected chi connectivity index (χ2v) is 5.00. The third-order valence-electron chi connectivity index (χ3n) is 3.32. The van der Waals surface area contributed by atoms with Gasteiger partial charge in [0.2, 0.25) is 0 Å². The maximum Gasteiger partial charge on any atom is 0.411 e. The van der Waals surface area contributed by atoms with E-state index in [0.29, 0.717) is 5.69 Å². The fourth-order valence-corrected chi connectivity index (χ4v) is 1.96. The summed E-state index contributed by atoms with van der Waals surface area (Å²) in [5, 5.41) is 9.19. The summed E-state index contributed by atoms with van der Waals surface area (Å²) in [4.78, 5) is 28.8. The Bertz CT molecular complexity index is 646. The molecule has 6 nitrogen and oxygen atoms in total. The van der Waals surface area contributed by atoms with E-state index in [0.717, 1.165) is 10.5 Å². The van der Waals surface area contributed by atoms with E-state index in [9.17, 15) is 14.7 Å². The Morgan fingerprint density at radius 2 is 1.87 bits per heavy atom. The highest BCUT2D eigenvalue weighted by Crippen LogP contribution is 2.11. The molecule has 1 aromatic heterocycles. The van der Waals surface area contributed by atoms with Gasteiger partial charge in [-0.25, -0.2) is 9.59 Å². The molecule has 0 fully saturated rings. The van der Waals surface area contributed by atoms with Crippen LogP contribution in [0.4, 0.5) is 4.79 Å². The first-order chi connectivity index (χ1) is 11.1. The number of carboxylic acids is 1. The normalized spacial score (nSPS) is 11.5. The number of carbonyl (C=O) groups excluding carboxylic acids is 1. The van der Waals surface area contributed by atoms with Crippen molar-refractivity contribution >= 4 is 12.1 Å². The van der Waals surface area contributed by atoms with Crippen LogP contribution in [0.3, 0.4) is 0 Å². The maximum atomic E-state index is 12.3. The van der Waals surface area contributed by atoms with Gasteiger partial charge in [0.05, 0.1) is 12.2 Å². The molecule has 0 radical (unpaired) electrons. The van der Waals surface area contributed by atoms with Gasteiger partial charge in [-0.1, -0.05) is 36.4 Å². The molecule has 1 aromatic carbocycles. The van der Waals surface area contributed by atoms with Crippen molar-refractivity contribution in [2.45, 2.75) is 26.1 Å². The second kappa shape index (κ2) is 7.93. The van der Waals surface area contributed by atoms with E-state index in [4.69, 9.17) is 4.74 Å². The quantitative estimate of drug-likeness (QED) is 0.886. The molecule has 6 heteroatoms. The van der Waals surface area contributed by atoms with E-state index in [1.165, 1.54) is 6.92 Å². The van der Waals surface area contributed by atoms with E-state index in [-0.39, 0.29) is 13.2 Å². The summed E-state index contributed by atoms with van der Waals surface area (Å²) >= 11 is 0. The van der Waals surface area contributed by atoms with Crippen molar-refractivity contribution in [1.82, 2.24) is 9.88 Å². The van der Waals surface area contributed by atoms with Gasteiger partial charge in [-0.3, -0.25) is 9.88 Å². The molecule has 0 saturated heterocycles. The first-order valence-corrected chi connectivity index (χ1v) is 7.18. The van der Waals surface area contributed by atoms with Gasteiger partial charge in [-0.15, -0.1) is 0 Å². The lowest BCUT2D eigenvalue weighted by atomic mass is 10.2. The number of benzene rings is 1. The van der Waals surface area contributed by atoms with Crippen LogP contribution in [0.1, 0.15) is 18.2 Å². The molecule has 2 rings (SSSR count). The third kappa shape index (κ3) is 4.81. The molecule has 2 aromatic rings. The van der Waals surface area contributed by atoms with E-state index in [1.54, 1.807) is 24.4 Å². The van der Waals surface area contributed by atoms with Gasteiger partial charge in [0.15, 0.2) is 0 Å². The Morgan fingerprint density at radius 1 is 1.17 bits per heavy atom. The molecule has 0 saturated carbocycles. The molecule has 0 aliphatic carbocycles. The summed E-state index contributed by atoms with van der Waals surface area (Å²) in [6.07, 6.45) is 0.906. The standard InChI is InChI=1S/C17H18N2O4/c1-13(16(20)21)19(11-15-9-5-6-10-18-15)17(22)23-12-14-7-3-2-4-8-14/h2-10,13H,11-12H2,1H3,(H,20,21). The van der Waals surface area contributed by atoms with Crippen LogP contribution in [-0.2, 0) is 22.7 Å². The van der Waals surface area contributed by atoms with E-state index < -0.39 is 18.1 Å². The fourth-order valence-electron chi connectivity index (χ4n) is 1.96. The number of amides is 1. The lowest BCUT2D eigenvalue weighted by molar-refractivity contribution is -0.142. The predicted octanol–water partition coefficient (Wildman–Crippen LogP) is 2.69. The summed E-state index contributed by atoms with van der Waals surface area (Å²) in [6.45, 7) is 1.60. The number of aromatic nitrogens is 1. The Hall–Kier alpha value is -2.89. The molecule has 0 spiro atoms. The van der Waals surface area contributed by atoms with Gasteiger partial charge < -0.3 is 9.84 Å². The molecule has 1 unspecified atom stereocenters. The topological polar surface area (TPSA) is 79.7 Å². The number of nitrogens with zero attached hydrogens (tertiary/aromatic N) is 2. The van der Waals surface area contributed by atoms with Crippen molar-refractivity contribution in [2.75, 3.05) is 0 Å². The minimum absolute atomic E-state index is 0.0714. The van der Waals surface area contributed by atoms with Crippen molar-refractivity contribution < 1.29 is 19.4 Å². The van der Waals surface area contributed by atoms with Crippen LogP contribution in [0.25, 0.3) is 0 Å². The van der Waals surface area contributed by atoms with Gasteiger partial charge in [-0.05, 0) is 24.6 Å². The number of hydrogen-bond donors (Lipinski definition) is 1. The van der Waals surface area contributed by atoms with Crippen LogP contribution < -0.4 is 0 Å². The van der Waals surface area contributed by atoms with E-state index in [1.807, 2.05) is 30.3 Å². The van der Waals surface area contributed by atoms with Crippen LogP contribution in [0, 0.1) is 0 Å². The summed E-state index contributed by atoms with van der Waals surface area (Å²) in [5.41, 5.74) is 1.43. The highest BCUT2D eigenvalue weighted by Gasteiger charge is 2.27. The molecular weight excluding hydrogens is 296 g/mol. The van der Waals surface area contributed by atoms with Crippen molar-refractivity contribution in [1.29, 1.82) is 0 Å². The lowest BCUT2D eigenvalue weighted by Gasteiger charge is -2.25. The Labute approximate surface area is 134 Å². The first-order valence-electron chi connectivity index (χ1n) is 7.18. The van der Waals surface area contributed by atoms with Crippen LogP contribution in [0.15, 0.2) is 54.7 Å². The molecule has 0 aliphatic rings. The van der Waals surface area contributed by atoms with Gasteiger partial charge >= 0.3 is 12.1 Å². The molecule has 23 heavy (non-hydrogen) atoms. The number of ether oxygens (including phenoxy) is 1. The summed E-state index contributed by atoms with van der Waals surface area (Å²) < 4.78 is 5.23. The summed E-state index contributed by atoms with van der Waals surface area (Å²) in [7, 11) is 0. The van der Waals surface area contributed by atoms with E-state index >= 15 is 0 Å². The maximum absolute atomic E-state index is 12.3. The number of hydrogen-bond acceptors (Lipinski definition) is 4. The first kappa shape index (κ1) is 16.5. The number of carbonyl (C=O) groups is 2. The zero-order chi connectivity index (χ0) is 16.7. The van der Waals surface area contributed by atoms with Gasteiger partial charge in [0, 0.05) is 6.20 Å². The minimum atomic E-state index is -1.10. The highest BCUT2D eigenvalue weighted by atomic mass is 16.6. The average molecular weight is 314 g/mol. The third-order valence-corrected chi connectivity index (χ3v) is 3.32. The smallest absolute Gasteiger partial charge is 0.411 e. The number of aliphatic carboxylic acids is 1. The molecule has 1 heterocycles. The van der Waals surface area contributed by atoms with Crippen molar-refractivity contribution in [2.24, 2.45) is 0 Å². The van der Waals surface area contributed by atoms with Gasteiger partial charge in [0.1, 0.15) is 12.6 Å². The van der Waals surface area contributed by atoms with Crippen molar-refractivity contribution in [3.05, 3.63) is 66.0 Å². The van der Waals surface area contributed by atoms with Crippen LogP contribution in [-0.4, -0.2) is 33.1 Å². The predicted molar refractivity (Wildman–Crippen MR) is 83.5 cm³/mol. The lowest BCUT2D eigenvalue weighted by Crippen LogP contribution is -2.43. The monoisotopic (exact) mass is 314 g/mol. The summed E-state index contributed by atoms with van der Waals surface area (Å²) in [6, 6.07) is 13.5. The molecule has 0 aliphatic heterocycles. The van der Waals surface area contributed by atoms with Crippen LogP contribution in [0.2, 0.25) is 0 Å². The van der Waals surface area contributed by atoms with Crippen LogP contribution in [0.5, 0.6) is 0 Å². The fraction of sp³-hybridized carbons (Fsp3) is 0.235. The number of carboxylic acid groups (broad SMARTS) is 1. The zero-order valence-electron chi connectivity index (χ0n) is 12.8. The Balaban J connectivity index is 2.06. The molecule has 1 amide bonds. The minimum Gasteiger partial charge on any atom is -0.480 e. The molecule has 0 bridgehead atoms. The van der Waals surface area contributed by atoms with Crippen LogP contribution >= 0.6 is 0 Å². The zero-order valence-corrected chi connectivity index (χ0v) is 12.8. The number of rotatable bonds is 6. The largest absolute Gasteiger partial charge is 0.480 e. The second-order valence-electron chi connectivity index (χ2n) is 5.00. The summed E-state index contributed by atoms with van der Waals surface area (Å²) in [5.74, 6) is -1.10. The van der Waals surface area contributed by atoms with E-state index in [2.05, 4.69) is 4.98 Å². The molecule has 1 N–H and O–H groups in total. The Morgan fingerprint density at radius 3 is 2.48 bits per heavy atom. The molecule has 1 atom stereocenters. The molecule has 120 valence electrons. The molecular formula is C17H18N2O4. The SMILES string of the molecule is CC(C(=O)O)N(Cc1ccccn1)C(=O)OCc1ccccc1. The highest BCUT2D eigenvalue weighted by molar-refractivity contribution is 5.79. The van der Waals surface area contributed by atoms with Gasteiger partial charge in [0.25, 0.3) is 0 Å². The van der Waals surface area contributed by atoms with Crippen molar-refractivity contribution in [3.63, 3.8) is 0 Å². The number of pyridine rings is 1. The van der Waals surface area contributed by atoms with Gasteiger partial charge in [-0.2, -0.15) is 0 Å². The average Bonchev–Trinajstić information content (AvgIpc) is 2.58. The Kier molecular flexibility index (Phi) is 5.68. The van der Waals surface area contributed by atoms with Crippen molar-refractivity contribution in [3.8, 4) is 0 Å².